The lowest BCUT2D eigenvalue weighted by atomic mass is 10.3. The van der Waals surface area contributed by atoms with Crippen molar-refractivity contribution in [2.45, 2.75) is 45.3 Å². The predicted octanol–water partition coefficient (Wildman–Crippen LogP) is 1.41. The summed E-state index contributed by atoms with van der Waals surface area (Å²) < 4.78 is 1.56. The largest absolute Gasteiger partial charge is 0.477 e. The molecule has 1 aliphatic rings. The third-order valence-corrected chi connectivity index (χ3v) is 2.64. The molecule has 16 heavy (non-hydrogen) atoms. The molecule has 1 aromatic rings. The molecule has 0 bridgehead atoms. The van der Waals surface area contributed by atoms with Crippen LogP contribution in [0.4, 0.5) is 0 Å². The zero-order valence-corrected chi connectivity index (χ0v) is 9.60. The number of carboxylic acids is 1. The molecular weight excluding hydrogens is 206 g/mol. The Hall–Kier alpha value is -1.36. The first-order chi connectivity index (χ1) is 7.58. The third kappa shape index (κ3) is 2.41. The van der Waals surface area contributed by atoms with E-state index in [4.69, 9.17) is 5.11 Å². The lowest BCUT2D eigenvalue weighted by Crippen LogP contribution is -2.16. The average molecular weight is 223 g/mol. The molecule has 0 radical (unpaired) electrons. The molecule has 0 aliphatic heterocycles. The minimum atomic E-state index is -0.918. The Morgan fingerprint density at radius 3 is 2.81 bits per heavy atom. The van der Waals surface area contributed by atoms with Gasteiger partial charge in [-0.15, -0.1) is 0 Å². The first-order valence-corrected chi connectivity index (χ1v) is 5.63. The third-order valence-electron chi connectivity index (χ3n) is 2.64. The van der Waals surface area contributed by atoms with Crippen LogP contribution in [0.2, 0.25) is 0 Å². The van der Waals surface area contributed by atoms with Crippen LogP contribution in [0, 0.1) is 0 Å². The summed E-state index contributed by atoms with van der Waals surface area (Å²) in [5.74, 6) is -0.918. The summed E-state index contributed by atoms with van der Waals surface area (Å²) in [7, 11) is 0. The fourth-order valence-electron chi connectivity index (χ4n) is 1.62. The second kappa shape index (κ2) is 4.25. The molecule has 5 heteroatoms. The molecule has 0 amide bonds. The van der Waals surface area contributed by atoms with E-state index >= 15 is 0 Å². The molecule has 1 aliphatic carbocycles. The Morgan fingerprint density at radius 2 is 2.38 bits per heavy atom. The molecule has 0 aromatic carbocycles. The van der Waals surface area contributed by atoms with E-state index < -0.39 is 5.97 Å². The fraction of sp³-hybridized carbons (Fsp3) is 0.636. The lowest BCUT2D eigenvalue weighted by molar-refractivity contribution is 0.0681. The highest BCUT2D eigenvalue weighted by atomic mass is 16.4. The maximum atomic E-state index is 11.0. The zero-order valence-electron chi connectivity index (χ0n) is 9.60. The first-order valence-electron chi connectivity index (χ1n) is 5.63. The minimum absolute atomic E-state index is 0.0702. The van der Waals surface area contributed by atoms with Gasteiger partial charge < -0.3 is 10.4 Å². The Balaban J connectivity index is 2.12. The van der Waals surface area contributed by atoms with E-state index in [-0.39, 0.29) is 11.7 Å². The van der Waals surface area contributed by atoms with E-state index in [0.717, 1.165) is 5.69 Å². The van der Waals surface area contributed by atoms with Crippen molar-refractivity contribution in [3.8, 4) is 0 Å². The highest BCUT2D eigenvalue weighted by molar-refractivity contribution is 5.85. The standard InChI is InChI=1S/C11H17N3O2/c1-7(2)14-10(11(15)16)5-9(13-14)6-12-8-3-4-8/h5,7-8,12H,3-4,6H2,1-2H3,(H,15,16). The second-order valence-corrected chi connectivity index (χ2v) is 4.52. The molecule has 2 N–H and O–H groups in total. The molecule has 0 spiro atoms. The van der Waals surface area contributed by atoms with Gasteiger partial charge in [0.15, 0.2) is 0 Å². The first kappa shape index (κ1) is 11.1. The number of carbonyl (C=O) groups is 1. The molecular formula is C11H17N3O2. The number of nitrogens with one attached hydrogen (secondary N) is 1. The van der Waals surface area contributed by atoms with Gasteiger partial charge in [0, 0.05) is 18.6 Å². The van der Waals surface area contributed by atoms with E-state index in [1.54, 1.807) is 10.7 Å². The van der Waals surface area contributed by atoms with Gasteiger partial charge in [0.1, 0.15) is 5.69 Å². The van der Waals surface area contributed by atoms with Crippen LogP contribution in [0.3, 0.4) is 0 Å². The SMILES string of the molecule is CC(C)n1nc(CNC2CC2)cc1C(=O)O. The van der Waals surface area contributed by atoms with Gasteiger partial charge in [-0.25, -0.2) is 4.79 Å². The quantitative estimate of drug-likeness (QED) is 0.792. The van der Waals surface area contributed by atoms with Crippen molar-refractivity contribution >= 4 is 5.97 Å². The number of aromatic nitrogens is 2. The van der Waals surface area contributed by atoms with Crippen LogP contribution >= 0.6 is 0 Å². The fourth-order valence-corrected chi connectivity index (χ4v) is 1.62. The van der Waals surface area contributed by atoms with Crippen molar-refractivity contribution in [2.24, 2.45) is 0 Å². The molecule has 5 nitrogen and oxygen atoms in total. The number of nitrogens with zero attached hydrogens (tertiary/aromatic N) is 2. The second-order valence-electron chi connectivity index (χ2n) is 4.52. The van der Waals surface area contributed by atoms with Crippen molar-refractivity contribution in [3.63, 3.8) is 0 Å². The van der Waals surface area contributed by atoms with Crippen molar-refractivity contribution in [2.75, 3.05) is 0 Å². The average Bonchev–Trinajstić information content (AvgIpc) is 2.93. The Morgan fingerprint density at radius 1 is 1.69 bits per heavy atom. The van der Waals surface area contributed by atoms with Gasteiger partial charge in [0.05, 0.1) is 5.69 Å². The molecule has 1 heterocycles. The summed E-state index contributed by atoms with van der Waals surface area (Å²) in [6, 6.07) is 2.33. The summed E-state index contributed by atoms with van der Waals surface area (Å²) in [4.78, 5) is 11.0. The molecule has 2 rings (SSSR count). The molecule has 1 fully saturated rings. The predicted molar refractivity (Wildman–Crippen MR) is 59.4 cm³/mol. The Bertz CT molecular complexity index is 394. The molecule has 0 unspecified atom stereocenters. The zero-order chi connectivity index (χ0) is 11.7. The topological polar surface area (TPSA) is 67.2 Å². The van der Waals surface area contributed by atoms with Crippen LogP contribution in [0.25, 0.3) is 0 Å². The summed E-state index contributed by atoms with van der Waals surface area (Å²) in [6.45, 7) is 4.51. The molecule has 1 aromatic heterocycles. The van der Waals surface area contributed by atoms with Gasteiger partial charge in [-0.05, 0) is 32.8 Å². The molecule has 0 saturated heterocycles. The Kier molecular flexibility index (Phi) is 2.96. The normalized spacial score (nSPS) is 15.7. The lowest BCUT2D eigenvalue weighted by Gasteiger charge is -2.07. The monoisotopic (exact) mass is 223 g/mol. The molecule has 88 valence electrons. The van der Waals surface area contributed by atoms with Crippen LogP contribution < -0.4 is 5.32 Å². The summed E-state index contributed by atoms with van der Waals surface area (Å²) in [5, 5.41) is 16.7. The number of hydrogen-bond acceptors (Lipinski definition) is 3. The summed E-state index contributed by atoms with van der Waals surface area (Å²) in [6.07, 6.45) is 2.44. The van der Waals surface area contributed by atoms with Gasteiger partial charge in [0.2, 0.25) is 0 Å². The van der Waals surface area contributed by atoms with Crippen molar-refractivity contribution in [1.29, 1.82) is 0 Å². The van der Waals surface area contributed by atoms with Crippen LogP contribution in [0.5, 0.6) is 0 Å². The van der Waals surface area contributed by atoms with E-state index in [1.165, 1.54) is 12.8 Å². The highest BCUT2D eigenvalue weighted by Gasteiger charge is 2.21. The number of aromatic carboxylic acids is 1. The molecule has 1 saturated carbocycles. The number of hydrogen-bond donors (Lipinski definition) is 2. The minimum Gasteiger partial charge on any atom is -0.477 e. The maximum absolute atomic E-state index is 11.0. The number of carboxylic acid groups (broad SMARTS) is 1. The van der Waals surface area contributed by atoms with Gasteiger partial charge >= 0.3 is 5.97 Å². The summed E-state index contributed by atoms with van der Waals surface area (Å²) >= 11 is 0. The highest BCUT2D eigenvalue weighted by Crippen LogP contribution is 2.19. The van der Waals surface area contributed by atoms with E-state index in [2.05, 4.69) is 10.4 Å². The van der Waals surface area contributed by atoms with Crippen LogP contribution in [0.15, 0.2) is 6.07 Å². The van der Waals surface area contributed by atoms with Crippen molar-refractivity contribution < 1.29 is 9.90 Å². The van der Waals surface area contributed by atoms with Crippen molar-refractivity contribution in [1.82, 2.24) is 15.1 Å². The summed E-state index contributed by atoms with van der Waals surface area (Å²) in [5.41, 5.74) is 1.07. The van der Waals surface area contributed by atoms with E-state index in [0.29, 0.717) is 12.6 Å². The number of rotatable bonds is 5. The van der Waals surface area contributed by atoms with E-state index in [9.17, 15) is 4.79 Å². The van der Waals surface area contributed by atoms with Gasteiger partial charge in [-0.2, -0.15) is 5.10 Å². The van der Waals surface area contributed by atoms with Crippen molar-refractivity contribution in [3.05, 3.63) is 17.5 Å². The van der Waals surface area contributed by atoms with Crippen LogP contribution in [-0.2, 0) is 6.54 Å². The van der Waals surface area contributed by atoms with Gasteiger partial charge in [0.25, 0.3) is 0 Å². The Labute approximate surface area is 94.5 Å². The smallest absolute Gasteiger partial charge is 0.354 e. The van der Waals surface area contributed by atoms with Gasteiger partial charge in [-0.1, -0.05) is 0 Å². The molecule has 0 atom stereocenters. The van der Waals surface area contributed by atoms with Crippen LogP contribution in [0.1, 0.15) is 48.9 Å². The maximum Gasteiger partial charge on any atom is 0.354 e. The van der Waals surface area contributed by atoms with Crippen LogP contribution in [-0.4, -0.2) is 26.9 Å². The van der Waals surface area contributed by atoms with E-state index in [1.807, 2.05) is 13.8 Å². The van der Waals surface area contributed by atoms with Gasteiger partial charge in [-0.3, -0.25) is 4.68 Å².